The molecule has 0 spiro atoms. The first-order chi connectivity index (χ1) is 15.5. The van der Waals surface area contributed by atoms with E-state index in [1.165, 1.54) is 62.0 Å². The number of likely N-dealkylation sites (tertiary alicyclic amines) is 1. The van der Waals surface area contributed by atoms with Crippen molar-refractivity contribution in [3.05, 3.63) is 52.3 Å². The third-order valence-corrected chi connectivity index (χ3v) is 7.96. The predicted molar refractivity (Wildman–Crippen MR) is 130 cm³/mol. The van der Waals surface area contributed by atoms with E-state index in [1.54, 1.807) is 0 Å². The average Bonchev–Trinajstić information content (AvgIpc) is 3.37. The van der Waals surface area contributed by atoms with Crippen LogP contribution in [0.25, 0.3) is 5.69 Å². The number of piperidine rings is 1. The number of likely N-dealkylation sites (N-methyl/N-ethyl adjacent to an activating group) is 1. The van der Waals surface area contributed by atoms with Crippen LogP contribution in [-0.4, -0.2) is 84.0 Å². The number of hydrogen-bond donors (Lipinski definition) is 0. The lowest BCUT2D eigenvalue weighted by Gasteiger charge is -2.42. The minimum atomic E-state index is 0.261. The van der Waals surface area contributed by atoms with Gasteiger partial charge in [-0.25, -0.2) is 0 Å². The van der Waals surface area contributed by atoms with Gasteiger partial charge in [0.1, 0.15) is 0 Å². The SMILES string of the molecule is Cc1cc(C(=O)CN2CCN(C3CCCN(C)C3)CC2)c(C)n1-c1ccc2c(c1)CCC2. The highest BCUT2D eigenvalue weighted by Crippen LogP contribution is 2.28. The molecule has 0 bridgehead atoms. The summed E-state index contributed by atoms with van der Waals surface area (Å²) < 4.78 is 2.27. The molecule has 1 aromatic carbocycles. The average molecular weight is 435 g/mol. The second-order valence-corrected chi connectivity index (χ2v) is 10.2. The number of fused-ring (bicyclic) bond motifs is 1. The highest BCUT2D eigenvalue weighted by molar-refractivity contribution is 5.99. The molecule has 0 saturated carbocycles. The van der Waals surface area contributed by atoms with Crippen LogP contribution in [0.1, 0.15) is 52.1 Å². The number of piperazine rings is 1. The van der Waals surface area contributed by atoms with Crippen molar-refractivity contribution >= 4 is 5.78 Å². The molecule has 5 heteroatoms. The lowest BCUT2D eigenvalue weighted by Crippen LogP contribution is -2.55. The Balaban J connectivity index is 1.23. The number of nitrogens with zero attached hydrogens (tertiary/aromatic N) is 4. The van der Waals surface area contributed by atoms with Crippen molar-refractivity contribution in [2.45, 2.75) is 52.0 Å². The lowest BCUT2D eigenvalue weighted by molar-refractivity contribution is 0.0561. The first-order valence-electron chi connectivity index (χ1n) is 12.5. The van der Waals surface area contributed by atoms with Crippen molar-refractivity contribution in [2.75, 3.05) is 52.9 Å². The van der Waals surface area contributed by atoms with E-state index in [2.05, 4.69) is 64.4 Å². The fourth-order valence-electron chi connectivity index (χ4n) is 6.15. The summed E-state index contributed by atoms with van der Waals surface area (Å²) in [7, 11) is 2.24. The number of hydrogen-bond acceptors (Lipinski definition) is 4. The van der Waals surface area contributed by atoms with Gasteiger partial charge in [0.25, 0.3) is 0 Å². The minimum absolute atomic E-state index is 0.261. The molecule has 0 amide bonds. The summed E-state index contributed by atoms with van der Waals surface area (Å²) >= 11 is 0. The summed E-state index contributed by atoms with van der Waals surface area (Å²) in [5.74, 6) is 0.261. The summed E-state index contributed by atoms with van der Waals surface area (Å²) in [6, 6.07) is 9.62. The summed E-state index contributed by atoms with van der Waals surface area (Å²) in [6.45, 7) is 11.3. The topological polar surface area (TPSA) is 31.7 Å². The number of ketones is 1. The number of aryl methyl sites for hydroxylation is 3. The predicted octanol–water partition coefficient (Wildman–Crippen LogP) is 3.48. The molecule has 3 heterocycles. The third kappa shape index (κ3) is 4.30. The molecule has 5 nitrogen and oxygen atoms in total. The van der Waals surface area contributed by atoms with Crippen LogP contribution in [0.15, 0.2) is 24.3 Å². The minimum Gasteiger partial charge on any atom is -0.318 e. The van der Waals surface area contributed by atoms with Crippen LogP contribution in [-0.2, 0) is 12.8 Å². The molecule has 0 N–H and O–H groups in total. The highest BCUT2D eigenvalue weighted by Gasteiger charge is 2.28. The molecule has 3 aliphatic rings. The van der Waals surface area contributed by atoms with Gasteiger partial charge in [0.15, 0.2) is 5.78 Å². The number of Topliss-reactive ketones (excluding diaryl/α,β-unsaturated/α-hetero) is 1. The normalized spacial score (nSPS) is 22.9. The number of benzene rings is 1. The standard InChI is InChI=1S/C27H38N4O/c1-20-16-26(21(2)31(20)24-10-9-22-6-4-7-23(22)17-24)27(32)19-29-12-14-30(15-13-29)25-8-5-11-28(3)18-25/h9-10,16-17,25H,4-8,11-15,18-19H2,1-3H3. The van der Waals surface area contributed by atoms with Gasteiger partial charge in [-0.15, -0.1) is 0 Å². The maximum atomic E-state index is 13.3. The lowest BCUT2D eigenvalue weighted by atomic mass is 10.0. The molecular formula is C27H38N4O. The van der Waals surface area contributed by atoms with Crippen LogP contribution in [0.4, 0.5) is 0 Å². The molecule has 1 aliphatic carbocycles. The Kier molecular flexibility index (Phi) is 6.24. The Morgan fingerprint density at radius 2 is 1.75 bits per heavy atom. The molecule has 32 heavy (non-hydrogen) atoms. The fraction of sp³-hybridized carbons (Fsp3) is 0.593. The Hall–Kier alpha value is -1.95. The van der Waals surface area contributed by atoms with Gasteiger partial charge >= 0.3 is 0 Å². The van der Waals surface area contributed by atoms with Gasteiger partial charge in [-0.1, -0.05) is 6.07 Å². The van der Waals surface area contributed by atoms with E-state index in [0.29, 0.717) is 12.6 Å². The summed E-state index contributed by atoms with van der Waals surface area (Å²) in [6.07, 6.45) is 6.26. The maximum absolute atomic E-state index is 13.3. The van der Waals surface area contributed by atoms with Gasteiger partial charge in [-0.2, -0.15) is 0 Å². The zero-order valence-corrected chi connectivity index (χ0v) is 20.1. The van der Waals surface area contributed by atoms with Gasteiger partial charge in [-0.3, -0.25) is 14.6 Å². The van der Waals surface area contributed by atoms with Crippen LogP contribution in [0.2, 0.25) is 0 Å². The van der Waals surface area contributed by atoms with Crippen LogP contribution in [0, 0.1) is 13.8 Å². The summed E-state index contributed by atoms with van der Waals surface area (Å²) in [5, 5.41) is 0. The molecule has 2 aliphatic heterocycles. The quantitative estimate of drug-likeness (QED) is 0.675. The van der Waals surface area contributed by atoms with Crippen molar-refractivity contribution in [3.63, 3.8) is 0 Å². The van der Waals surface area contributed by atoms with E-state index in [-0.39, 0.29) is 5.78 Å². The highest BCUT2D eigenvalue weighted by atomic mass is 16.1. The largest absolute Gasteiger partial charge is 0.318 e. The smallest absolute Gasteiger partial charge is 0.178 e. The second kappa shape index (κ2) is 9.12. The molecule has 1 aromatic heterocycles. The first-order valence-corrected chi connectivity index (χ1v) is 12.5. The van der Waals surface area contributed by atoms with E-state index < -0.39 is 0 Å². The van der Waals surface area contributed by atoms with Crippen LogP contribution < -0.4 is 0 Å². The van der Waals surface area contributed by atoms with Crippen molar-refractivity contribution in [1.29, 1.82) is 0 Å². The molecule has 2 saturated heterocycles. The van der Waals surface area contributed by atoms with Crippen LogP contribution in [0.3, 0.4) is 0 Å². The molecule has 2 aromatic rings. The van der Waals surface area contributed by atoms with Gasteiger partial charge in [-0.05, 0) is 88.9 Å². The van der Waals surface area contributed by atoms with Crippen LogP contribution >= 0.6 is 0 Å². The third-order valence-electron chi connectivity index (χ3n) is 7.96. The Labute approximate surface area is 193 Å². The monoisotopic (exact) mass is 434 g/mol. The Bertz CT molecular complexity index is 986. The molecular weight excluding hydrogens is 396 g/mol. The van der Waals surface area contributed by atoms with Crippen molar-refractivity contribution < 1.29 is 4.79 Å². The molecule has 1 unspecified atom stereocenters. The maximum Gasteiger partial charge on any atom is 0.178 e. The summed E-state index contributed by atoms with van der Waals surface area (Å²) in [4.78, 5) is 20.7. The van der Waals surface area contributed by atoms with Crippen molar-refractivity contribution in [3.8, 4) is 5.69 Å². The zero-order chi connectivity index (χ0) is 22.2. The summed E-state index contributed by atoms with van der Waals surface area (Å²) in [5.41, 5.74) is 7.28. The first kappa shape index (κ1) is 21.9. The molecule has 0 radical (unpaired) electrons. The Morgan fingerprint density at radius 1 is 0.969 bits per heavy atom. The Morgan fingerprint density at radius 3 is 2.53 bits per heavy atom. The van der Waals surface area contributed by atoms with E-state index in [9.17, 15) is 4.79 Å². The van der Waals surface area contributed by atoms with Crippen molar-refractivity contribution in [2.24, 2.45) is 0 Å². The van der Waals surface area contributed by atoms with E-state index in [4.69, 9.17) is 0 Å². The van der Waals surface area contributed by atoms with Gasteiger partial charge in [0.2, 0.25) is 0 Å². The van der Waals surface area contributed by atoms with E-state index in [0.717, 1.165) is 43.1 Å². The van der Waals surface area contributed by atoms with Gasteiger partial charge in [0.05, 0.1) is 6.54 Å². The van der Waals surface area contributed by atoms with E-state index >= 15 is 0 Å². The fourth-order valence-corrected chi connectivity index (χ4v) is 6.15. The van der Waals surface area contributed by atoms with Crippen LogP contribution in [0.5, 0.6) is 0 Å². The van der Waals surface area contributed by atoms with Gasteiger partial charge in [0, 0.05) is 61.4 Å². The second-order valence-electron chi connectivity index (χ2n) is 10.2. The number of carbonyl (C=O) groups excluding carboxylic acids is 1. The molecule has 1 atom stereocenters. The molecule has 5 rings (SSSR count). The number of carbonyl (C=O) groups is 1. The molecule has 172 valence electrons. The van der Waals surface area contributed by atoms with Gasteiger partial charge < -0.3 is 9.47 Å². The zero-order valence-electron chi connectivity index (χ0n) is 20.1. The molecule has 2 fully saturated rings. The number of rotatable bonds is 5. The van der Waals surface area contributed by atoms with E-state index in [1.807, 2.05) is 0 Å². The van der Waals surface area contributed by atoms with Crippen molar-refractivity contribution in [1.82, 2.24) is 19.3 Å². The number of aromatic nitrogens is 1.